The van der Waals surface area contributed by atoms with Gasteiger partial charge >= 0.3 is 6.18 Å². The Morgan fingerprint density at radius 3 is 2.33 bits per heavy atom. The summed E-state index contributed by atoms with van der Waals surface area (Å²) in [6.45, 7) is 7.61. The molecule has 9 heteroatoms. The van der Waals surface area contributed by atoms with Gasteiger partial charge in [0.1, 0.15) is 6.04 Å². The summed E-state index contributed by atoms with van der Waals surface area (Å²) < 4.78 is 41.3. The van der Waals surface area contributed by atoms with Crippen molar-refractivity contribution >= 4 is 22.6 Å². The van der Waals surface area contributed by atoms with E-state index in [0.29, 0.717) is 26.2 Å². The zero-order valence-electron chi connectivity index (χ0n) is 18.7. The largest absolute Gasteiger partial charge is 0.438 e. The van der Waals surface area contributed by atoms with E-state index >= 15 is 0 Å². The molecule has 2 aromatic carbocycles. The van der Waals surface area contributed by atoms with E-state index < -0.39 is 23.5 Å². The maximum Gasteiger partial charge on any atom is 0.438 e. The number of nitrogens with zero attached hydrogens (tertiary/aromatic N) is 4. The number of fused-ring (bicyclic) bond motifs is 1. The Morgan fingerprint density at radius 1 is 1.00 bits per heavy atom. The standard InChI is InChI=1S/C24H25F3N4O2/c1-15-7-6-10-19(16(15)2)29-11-13-30(14-12-29)22(32)17(3)31-20-9-5-4-8-18(20)28-21(23(31)33)24(25,26)27/h4-10,17H,11-14H2,1-3H3/t17-/m0/s1. The summed E-state index contributed by atoms with van der Waals surface area (Å²) in [6, 6.07) is 11.1. The fourth-order valence-corrected chi connectivity index (χ4v) is 4.34. The van der Waals surface area contributed by atoms with Crippen LogP contribution in [-0.2, 0) is 11.0 Å². The van der Waals surface area contributed by atoms with E-state index in [1.54, 1.807) is 17.0 Å². The first-order valence-electron chi connectivity index (χ1n) is 10.8. The van der Waals surface area contributed by atoms with E-state index in [2.05, 4.69) is 16.8 Å². The van der Waals surface area contributed by atoms with Crippen LogP contribution >= 0.6 is 0 Å². The van der Waals surface area contributed by atoms with Gasteiger partial charge in [-0.25, -0.2) is 4.98 Å². The Labute approximate surface area is 189 Å². The molecule has 33 heavy (non-hydrogen) atoms. The maximum atomic E-state index is 13.5. The molecule has 0 bridgehead atoms. The molecule has 1 saturated heterocycles. The van der Waals surface area contributed by atoms with Crippen LogP contribution in [-0.4, -0.2) is 46.5 Å². The van der Waals surface area contributed by atoms with Gasteiger partial charge < -0.3 is 9.80 Å². The molecule has 0 N–H and O–H groups in total. The molecule has 1 fully saturated rings. The number of halogens is 3. The third-order valence-electron chi connectivity index (χ3n) is 6.32. The lowest BCUT2D eigenvalue weighted by Crippen LogP contribution is -2.51. The maximum absolute atomic E-state index is 13.5. The normalized spacial score (nSPS) is 15.7. The minimum Gasteiger partial charge on any atom is -0.368 e. The van der Waals surface area contributed by atoms with Crippen LogP contribution in [0, 0.1) is 13.8 Å². The molecule has 6 nitrogen and oxygen atoms in total. The average molecular weight is 458 g/mol. The lowest BCUT2D eigenvalue weighted by molar-refractivity contribution is -0.143. The molecule has 0 spiro atoms. The molecule has 1 aromatic heterocycles. The van der Waals surface area contributed by atoms with E-state index in [-0.39, 0.29) is 16.9 Å². The van der Waals surface area contributed by atoms with Gasteiger partial charge in [-0.05, 0) is 50.1 Å². The topological polar surface area (TPSA) is 58.4 Å². The van der Waals surface area contributed by atoms with Gasteiger partial charge in [0.15, 0.2) is 0 Å². The van der Waals surface area contributed by atoms with Gasteiger partial charge in [0.25, 0.3) is 5.56 Å². The van der Waals surface area contributed by atoms with Crippen molar-refractivity contribution in [3.05, 3.63) is 69.6 Å². The molecule has 174 valence electrons. The second kappa shape index (κ2) is 8.53. The van der Waals surface area contributed by atoms with E-state index in [0.717, 1.165) is 10.3 Å². The first-order chi connectivity index (χ1) is 15.6. The molecule has 1 aliphatic rings. The Balaban J connectivity index is 1.61. The average Bonchev–Trinajstić information content (AvgIpc) is 2.79. The van der Waals surface area contributed by atoms with Crippen LogP contribution < -0.4 is 10.5 Å². The van der Waals surface area contributed by atoms with Crippen molar-refractivity contribution in [2.75, 3.05) is 31.1 Å². The molecular weight excluding hydrogens is 433 g/mol. The summed E-state index contributed by atoms with van der Waals surface area (Å²) in [4.78, 5) is 33.4. The fourth-order valence-electron chi connectivity index (χ4n) is 4.34. The summed E-state index contributed by atoms with van der Waals surface area (Å²) in [5.41, 5.74) is 0.872. The number of hydrogen-bond donors (Lipinski definition) is 0. The summed E-state index contributed by atoms with van der Waals surface area (Å²) in [5, 5.41) is 0. The van der Waals surface area contributed by atoms with Gasteiger partial charge in [-0.1, -0.05) is 24.3 Å². The SMILES string of the molecule is Cc1cccc(N2CCN(C(=O)[C@H](C)n3c(=O)c(C(F)(F)F)nc4ccccc43)CC2)c1C. The van der Waals surface area contributed by atoms with Crippen molar-refractivity contribution in [3.8, 4) is 0 Å². The monoisotopic (exact) mass is 458 g/mol. The van der Waals surface area contributed by atoms with Crippen molar-refractivity contribution < 1.29 is 18.0 Å². The van der Waals surface area contributed by atoms with Gasteiger partial charge in [-0.2, -0.15) is 13.2 Å². The number of carbonyl (C=O) groups is 1. The molecule has 2 heterocycles. The molecule has 0 radical (unpaired) electrons. The number of aryl methyl sites for hydroxylation is 1. The highest BCUT2D eigenvalue weighted by molar-refractivity contribution is 5.83. The van der Waals surface area contributed by atoms with Crippen LogP contribution in [0.1, 0.15) is 29.8 Å². The number of carbonyl (C=O) groups excluding carboxylic acids is 1. The molecule has 1 amide bonds. The lowest BCUT2D eigenvalue weighted by Gasteiger charge is -2.38. The number of para-hydroxylation sites is 2. The number of benzene rings is 2. The second-order valence-corrected chi connectivity index (χ2v) is 8.33. The van der Waals surface area contributed by atoms with E-state index in [9.17, 15) is 22.8 Å². The number of amides is 1. The first-order valence-corrected chi connectivity index (χ1v) is 10.8. The second-order valence-electron chi connectivity index (χ2n) is 8.33. The minimum atomic E-state index is -4.91. The van der Waals surface area contributed by atoms with Crippen LogP contribution in [0.5, 0.6) is 0 Å². The molecule has 1 atom stereocenters. The summed E-state index contributed by atoms with van der Waals surface area (Å²) in [7, 11) is 0. The molecule has 0 unspecified atom stereocenters. The number of aromatic nitrogens is 2. The first kappa shape index (κ1) is 22.8. The highest BCUT2D eigenvalue weighted by Crippen LogP contribution is 2.28. The minimum absolute atomic E-state index is 0.0174. The van der Waals surface area contributed by atoms with Gasteiger partial charge in [0, 0.05) is 31.9 Å². The van der Waals surface area contributed by atoms with Crippen LogP contribution in [0.3, 0.4) is 0 Å². The van der Waals surface area contributed by atoms with Crippen LogP contribution in [0.15, 0.2) is 47.3 Å². The van der Waals surface area contributed by atoms with Crippen molar-refractivity contribution in [3.63, 3.8) is 0 Å². The van der Waals surface area contributed by atoms with Crippen molar-refractivity contribution in [2.24, 2.45) is 0 Å². The Bertz CT molecular complexity index is 1260. The van der Waals surface area contributed by atoms with Crippen molar-refractivity contribution in [1.82, 2.24) is 14.5 Å². The molecule has 0 saturated carbocycles. The van der Waals surface area contributed by atoms with Crippen LogP contribution in [0.2, 0.25) is 0 Å². The van der Waals surface area contributed by atoms with Crippen LogP contribution in [0.25, 0.3) is 11.0 Å². The number of alkyl halides is 3. The number of anilines is 1. The Morgan fingerprint density at radius 2 is 1.67 bits per heavy atom. The highest BCUT2D eigenvalue weighted by Gasteiger charge is 2.39. The number of hydrogen-bond acceptors (Lipinski definition) is 4. The zero-order chi connectivity index (χ0) is 23.9. The van der Waals surface area contributed by atoms with Gasteiger partial charge in [-0.15, -0.1) is 0 Å². The van der Waals surface area contributed by atoms with Gasteiger partial charge in [0.2, 0.25) is 11.6 Å². The van der Waals surface area contributed by atoms with Crippen LogP contribution in [0.4, 0.5) is 18.9 Å². The summed E-state index contributed by atoms with van der Waals surface area (Å²) >= 11 is 0. The highest BCUT2D eigenvalue weighted by atomic mass is 19.4. The Kier molecular flexibility index (Phi) is 5.90. The zero-order valence-corrected chi connectivity index (χ0v) is 18.7. The predicted octanol–water partition coefficient (Wildman–Crippen LogP) is 3.94. The molecular formula is C24H25F3N4O2. The summed E-state index contributed by atoms with van der Waals surface area (Å²) in [6.07, 6.45) is -4.91. The molecule has 0 aliphatic carbocycles. The fraction of sp³-hybridized carbons (Fsp3) is 0.375. The summed E-state index contributed by atoms with van der Waals surface area (Å²) in [5.74, 6) is -0.387. The third-order valence-corrected chi connectivity index (χ3v) is 6.32. The van der Waals surface area contributed by atoms with Crippen molar-refractivity contribution in [2.45, 2.75) is 33.0 Å². The number of piperazine rings is 1. The van der Waals surface area contributed by atoms with Crippen molar-refractivity contribution in [1.29, 1.82) is 0 Å². The quantitative estimate of drug-likeness (QED) is 0.597. The smallest absolute Gasteiger partial charge is 0.368 e. The van der Waals surface area contributed by atoms with Gasteiger partial charge in [-0.3, -0.25) is 14.2 Å². The van der Waals surface area contributed by atoms with E-state index in [4.69, 9.17) is 0 Å². The predicted molar refractivity (Wildman–Crippen MR) is 120 cm³/mol. The van der Waals surface area contributed by atoms with E-state index in [1.807, 2.05) is 25.1 Å². The Hall–Kier alpha value is -3.36. The molecule has 3 aromatic rings. The molecule has 1 aliphatic heterocycles. The van der Waals surface area contributed by atoms with Gasteiger partial charge in [0.05, 0.1) is 11.0 Å². The molecule has 4 rings (SSSR count). The number of rotatable bonds is 3. The third kappa shape index (κ3) is 4.19. The lowest BCUT2D eigenvalue weighted by atomic mass is 10.1. The van der Waals surface area contributed by atoms with E-state index in [1.165, 1.54) is 30.2 Å².